The molecule has 0 aliphatic carbocycles. The fourth-order valence-electron chi connectivity index (χ4n) is 3.51. The standard InChI is InChI=1S/C24H17ClF3NO4S/c25-16-4-8-18(9-5-16)33-19-10-6-17(7-11-19)29-22(32)20(13-21(30)31)34-23(29)14-2-1-3-15(12-14)24(26,27)28/h1-12,20,23H,13H2,(H,30,31). The highest BCUT2D eigenvalue weighted by atomic mass is 35.5. The van der Waals surface area contributed by atoms with Gasteiger partial charge in [0.1, 0.15) is 16.9 Å². The average molecular weight is 508 g/mol. The molecule has 0 bridgehead atoms. The van der Waals surface area contributed by atoms with Crippen molar-refractivity contribution in [3.63, 3.8) is 0 Å². The molecule has 1 aliphatic rings. The number of carboxylic acid groups (broad SMARTS) is 1. The van der Waals surface area contributed by atoms with E-state index in [0.717, 1.165) is 23.9 Å². The number of nitrogens with zero attached hydrogens (tertiary/aromatic N) is 1. The van der Waals surface area contributed by atoms with Gasteiger partial charge in [-0.25, -0.2) is 0 Å². The molecule has 2 unspecified atom stereocenters. The van der Waals surface area contributed by atoms with Crippen LogP contribution in [0.2, 0.25) is 5.02 Å². The van der Waals surface area contributed by atoms with Gasteiger partial charge in [-0.15, -0.1) is 11.8 Å². The van der Waals surface area contributed by atoms with E-state index in [9.17, 15) is 27.9 Å². The first-order valence-corrected chi connectivity index (χ1v) is 11.3. The van der Waals surface area contributed by atoms with Gasteiger partial charge in [0.05, 0.1) is 17.2 Å². The summed E-state index contributed by atoms with van der Waals surface area (Å²) in [6.07, 6.45) is -4.98. The Balaban J connectivity index is 1.64. The Bertz CT molecular complexity index is 1200. The van der Waals surface area contributed by atoms with Crippen molar-refractivity contribution in [1.82, 2.24) is 0 Å². The molecule has 1 heterocycles. The molecule has 0 spiro atoms. The highest BCUT2D eigenvalue weighted by Gasteiger charge is 2.43. The molecule has 4 rings (SSSR count). The van der Waals surface area contributed by atoms with Gasteiger partial charge in [-0.3, -0.25) is 14.5 Å². The number of carboxylic acids is 1. The minimum atomic E-state index is -4.55. The van der Waals surface area contributed by atoms with Crippen LogP contribution in [0, 0.1) is 0 Å². The highest BCUT2D eigenvalue weighted by Crippen LogP contribution is 2.47. The van der Waals surface area contributed by atoms with Crippen LogP contribution < -0.4 is 9.64 Å². The summed E-state index contributed by atoms with van der Waals surface area (Å²) in [5.74, 6) is -0.625. The Morgan fingerprint density at radius 2 is 1.65 bits per heavy atom. The van der Waals surface area contributed by atoms with Crippen molar-refractivity contribution >= 4 is 40.9 Å². The molecule has 0 radical (unpaired) electrons. The van der Waals surface area contributed by atoms with Crippen molar-refractivity contribution in [2.75, 3.05) is 4.90 Å². The molecule has 1 fully saturated rings. The number of anilines is 1. The average Bonchev–Trinajstić information content (AvgIpc) is 3.11. The van der Waals surface area contributed by atoms with Crippen molar-refractivity contribution < 1.29 is 32.6 Å². The molecule has 1 N–H and O–H groups in total. The van der Waals surface area contributed by atoms with Crippen LogP contribution in [-0.4, -0.2) is 22.2 Å². The second-order valence-electron chi connectivity index (χ2n) is 7.46. The van der Waals surface area contributed by atoms with Crippen LogP contribution in [0.5, 0.6) is 11.5 Å². The first-order valence-electron chi connectivity index (χ1n) is 10.0. The van der Waals surface area contributed by atoms with Gasteiger partial charge in [-0.2, -0.15) is 13.2 Å². The number of alkyl halides is 3. The van der Waals surface area contributed by atoms with Gasteiger partial charge in [0.25, 0.3) is 0 Å². The van der Waals surface area contributed by atoms with Crippen LogP contribution in [0.25, 0.3) is 0 Å². The number of carbonyl (C=O) groups excluding carboxylic acids is 1. The Labute approximate surface area is 202 Å². The Hall–Kier alpha value is -3.17. The molecule has 176 valence electrons. The number of ether oxygens (including phenoxy) is 1. The van der Waals surface area contributed by atoms with E-state index in [1.165, 1.54) is 17.0 Å². The van der Waals surface area contributed by atoms with E-state index in [1.807, 2.05) is 0 Å². The summed E-state index contributed by atoms with van der Waals surface area (Å²) in [6, 6.07) is 17.9. The van der Waals surface area contributed by atoms with Crippen LogP contribution in [-0.2, 0) is 15.8 Å². The lowest BCUT2D eigenvalue weighted by molar-refractivity contribution is -0.138. The van der Waals surface area contributed by atoms with Crippen molar-refractivity contribution in [1.29, 1.82) is 0 Å². The highest BCUT2D eigenvalue weighted by molar-refractivity contribution is 8.01. The Kier molecular flexibility index (Phi) is 6.77. The number of carbonyl (C=O) groups is 2. The van der Waals surface area contributed by atoms with Gasteiger partial charge in [-0.1, -0.05) is 23.7 Å². The molecule has 2 atom stereocenters. The molecule has 10 heteroatoms. The van der Waals surface area contributed by atoms with E-state index < -0.39 is 40.7 Å². The van der Waals surface area contributed by atoms with Crippen LogP contribution in [0.3, 0.4) is 0 Å². The third-order valence-corrected chi connectivity index (χ3v) is 6.75. The predicted octanol–water partition coefficient (Wildman–Crippen LogP) is 6.77. The van der Waals surface area contributed by atoms with Crippen LogP contribution in [0.4, 0.5) is 18.9 Å². The predicted molar refractivity (Wildman–Crippen MR) is 123 cm³/mol. The molecule has 0 aromatic heterocycles. The minimum Gasteiger partial charge on any atom is -0.481 e. The maximum absolute atomic E-state index is 13.3. The monoisotopic (exact) mass is 507 g/mol. The fraction of sp³-hybridized carbons (Fsp3) is 0.167. The lowest BCUT2D eigenvalue weighted by atomic mass is 10.1. The summed E-state index contributed by atoms with van der Waals surface area (Å²) in [6.45, 7) is 0. The van der Waals surface area contributed by atoms with Gasteiger partial charge in [-0.05, 0) is 66.2 Å². The zero-order valence-electron chi connectivity index (χ0n) is 17.3. The number of amides is 1. The van der Waals surface area contributed by atoms with E-state index in [2.05, 4.69) is 0 Å². The lowest BCUT2D eigenvalue weighted by Gasteiger charge is -2.25. The molecule has 5 nitrogen and oxygen atoms in total. The summed E-state index contributed by atoms with van der Waals surface area (Å²) < 4.78 is 45.5. The van der Waals surface area contributed by atoms with E-state index in [1.54, 1.807) is 48.5 Å². The van der Waals surface area contributed by atoms with Crippen molar-refractivity contribution in [2.45, 2.75) is 23.2 Å². The largest absolute Gasteiger partial charge is 0.481 e. The molecular weight excluding hydrogens is 491 g/mol. The molecule has 1 saturated heterocycles. The van der Waals surface area contributed by atoms with E-state index >= 15 is 0 Å². The number of hydrogen-bond donors (Lipinski definition) is 1. The Morgan fingerprint density at radius 3 is 2.24 bits per heavy atom. The first kappa shape index (κ1) is 24.0. The molecule has 34 heavy (non-hydrogen) atoms. The zero-order chi connectivity index (χ0) is 24.5. The number of benzene rings is 3. The van der Waals surface area contributed by atoms with E-state index in [0.29, 0.717) is 22.2 Å². The van der Waals surface area contributed by atoms with Gasteiger partial charge >= 0.3 is 12.1 Å². The molecule has 3 aromatic carbocycles. The van der Waals surface area contributed by atoms with Gasteiger partial charge in [0.2, 0.25) is 5.91 Å². The zero-order valence-corrected chi connectivity index (χ0v) is 18.9. The van der Waals surface area contributed by atoms with Gasteiger partial charge < -0.3 is 9.84 Å². The summed E-state index contributed by atoms with van der Waals surface area (Å²) in [5, 5.41) is 8.01. The van der Waals surface area contributed by atoms with Gasteiger partial charge in [0.15, 0.2) is 0 Å². The van der Waals surface area contributed by atoms with Crippen LogP contribution in [0.1, 0.15) is 22.9 Å². The topological polar surface area (TPSA) is 66.8 Å². The third kappa shape index (κ3) is 5.31. The SMILES string of the molecule is O=C(O)CC1SC(c2cccc(C(F)(F)F)c2)N(c2ccc(Oc3ccc(Cl)cc3)cc2)C1=O. The smallest absolute Gasteiger partial charge is 0.416 e. The van der Waals surface area contributed by atoms with Crippen LogP contribution >= 0.6 is 23.4 Å². The summed E-state index contributed by atoms with van der Waals surface area (Å²) in [5.41, 5.74) is -0.176. The van der Waals surface area contributed by atoms with Gasteiger partial charge in [0, 0.05) is 10.7 Å². The number of rotatable bonds is 6. The van der Waals surface area contributed by atoms with Crippen LogP contribution in [0.15, 0.2) is 72.8 Å². The van der Waals surface area contributed by atoms with E-state index in [4.69, 9.17) is 16.3 Å². The number of halogens is 4. The fourth-order valence-corrected chi connectivity index (χ4v) is 5.07. The Morgan fingerprint density at radius 1 is 1.03 bits per heavy atom. The maximum atomic E-state index is 13.3. The van der Waals surface area contributed by atoms with Crippen molar-refractivity contribution in [2.24, 2.45) is 0 Å². The summed E-state index contributed by atoms with van der Waals surface area (Å²) in [7, 11) is 0. The molecule has 1 aliphatic heterocycles. The molecule has 3 aromatic rings. The second-order valence-corrected chi connectivity index (χ2v) is 9.18. The van der Waals surface area contributed by atoms with Crippen molar-refractivity contribution in [3.05, 3.63) is 88.9 Å². The van der Waals surface area contributed by atoms with E-state index in [-0.39, 0.29) is 5.56 Å². The minimum absolute atomic E-state index is 0.252. The van der Waals surface area contributed by atoms with Crippen molar-refractivity contribution in [3.8, 4) is 11.5 Å². The molecular formula is C24H17ClF3NO4S. The maximum Gasteiger partial charge on any atom is 0.416 e. The number of aliphatic carboxylic acids is 1. The quantitative estimate of drug-likeness (QED) is 0.398. The third-order valence-electron chi connectivity index (χ3n) is 5.06. The number of thioether (sulfide) groups is 1. The first-order chi connectivity index (χ1) is 16.1. The number of hydrogen-bond acceptors (Lipinski definition) is 4. The molecule has 1 amide bonds. The summed E-state index contributed by atoms with van der Waals surface area (Å²) >= 11 is 6.88. The lowest BCUT2D eigenvalue weighted by Crippen LogP contribution is -2.31. The summed E-state index contributed by atoms with van der Waals surface area (Å²) in [4.78, 5) is 25.7. The normalized spacial score (nSPS) is 18.2. The molecule has 0 saturated carbocycles. The second kappa shape index (κ2) is 9.60.